The van der Waals surface area contributed by atoms with Gasteiger partial charge in [-0.2, -0.15) is 5.10 Å². The summed E-state index contributed by atoms with van der Waals surface area (Å²) < 4.78 is 1.25. The van der Waals surface area contributed by atoms with Crippen LogP contribution < -0.4 is 0 Å². The van der Waals surface area contributed by atoms with Crippen LogP contribution in [0.2, 0.25) is 0 Å². The Hall–Kier alpha value is -1.98. The number of aromatic carboxylic acids is 1. The third-order valence-electron chi connectivity index (χ3n) is 1.69. The SMILES string of the molecule is Cc1nc(C(=O)O)n2ncncc12. The molecular formula is C7H6N4O2. The Morgan fingerprint density at radius 3 is 3.08 bits per heavy atom. The van der Waals surface area contributed by atoms with E-state index in [1.807, 2.05) is 0 Å². The second-order valence-corrected chi connectivity index (χ2v) is 2.53. The predicted octanol–water partition coefficient (Wildman–Crippen LogP) is 0.131. The molecular weight excluding hydrogens is 172 g/mol. The highest BCUT2D eigenvalue weighted by molar-refractivity contribution is 5.85. The Labute approximate surface area is 72.9 Å². The smallest absolute Gasteiger partial charge is 0.374 e. The molecule has 6 nitrogen and oxygen atoms in total. The molecule has 0 aliphatic heterocycles. The minimum Gasteiger partial charge on any atom is -0.475 e. The van der Waals surface area contributed by atoms with Crippen molar-refractivity contribution in [3.63, 3.8) is 0 Å². The number of carboxylic acid groups (broad SMARTS) is 1. The Morgan fingerprint density at radius 2 is 2.38 bits per heavy atom. The van der Waals surface area contributed by atoms with Gasteiger partial charge < -0.3 is 5.11 Å². The van der Waals surface area contributed by atoms with Gasteiger partial charge >= 0.3 is 5.97 Å². The number of nitrogens with zero attached hydrogens (tertiary/aromatic N) is 4. The number of aromatic nitrogens is 4. The number of fused-ring (bicyclic) bond motifs is 1. The van der Waals surface area contributed by atoms with Gasteiger partial charge in [0.25, 0.3) is 0 Å². The number of hydrogen-bond donors (Lipinski definition) is 1. The fraction of sp³-hybridized carbons (Fsp3) is 0.143. The Bertz CT molecular complexity index is 476. The quantitative estimate of drug-likeness (QED) is 0.671. The lowest BCUT2D eigenvalue weighted by Gasteiger charge is -1.91. The first kappa shape index (κ1) is 7.66. The lowest BCUT2D eigenvalue weighted by atomic mass is 10.4. The van der Waals surface area contributed by atoms with Crippen LogP contribution in [0.4, 0.5) is 0 Å². The minimum atomic E-state index is -1.10. The molecule has 0 saturated heterocycles. The van der Waals surface area contributed by atoms with Crippen molar-refractivity contribution < 1.29 is 9.90 Å². The average Bonchev–Trinajstić information content (AvgIpc) is 2.45. The Balaban J connectivity index is 2.85. The molecule has 0 bridgehead atoms. The summed E-state index contributed by atoms with van der Waals surface area (Å²) in [6.45, 7) is 1.71. The van der Waals surface area contributed by atoms with Gasteiger partial charge in [0, 0.05) is 0 Å². The number of rotatable bonds is 1. The van der Waals surface area contributed by atoms with Crippen LogP contribution in [-0.4, -0.2) is 30.7 Å². The molecule has 0 fully saturated rings. The highest BCUT2D eigenvalue weighted by Gasteiger charge is 2.14. The van der Waals surface area contributed by atoms with Gasteiger partial charge in [-0.1, -0.05) is 0 Å². The van der Waals surface area contributed by atoms with E-state index in [2.05, 4.69) is 15.1 Å². The van der Waals surface area contributed by atoms with Crippen molar-refractivity contribution in [2.75, 3.05) is 0 Å². The molecule has 0 aliphatic rings. The molecule has 0 amide bonds. The van der Waals surface area contributed by atoms with Crippen LogP contribution in [-0.2, 0) is 0 Å². The molecule has 2 aromatic heterocycles. The van der Waals surface area contributed by atoms with Gasteiger partial charge in [0.1, 0.15) is 11.8 Å². The summed E-state index contributed by atoms with van der Waals surface area (Å²) in [7, 11) is 0. The molecule has 66 valence electrons. The first-order valence-corrected chi connectivity index (χ1v) is 3.59. The third-order valence-corrected chi connectivity index (χ3v) is 1.69. The fourth-order valence-corrected chi connectivity index (χ4v) is 1.12. The lowest BCUT2D eigenvalue weighted by Crippen LogP contribution is -2.05. The van der Waals surface area contributed by atoms with E-state index >= 15 is 0 Å². The zero-order chi connectivity index (χ0) is 9.42. The standard InChI is InChI=1S/C7H6N4O2/c1-4-5-2-8-3-9-11(5)6(10-4)7(12)13/h2-3H,1H3,(H,12,13). The van der Waals surface area contributed by atoms with Crippen LogP contribution in [0.1, 0.15) is 16.3 Å². The normalized spacial score (nSPS) is 10.5. The van der Waals surface area contributed by atoms with Crippen LogP contribution in [0.15, 0.2) is 12.5 Å². The Kier molecular flexibility index (Phi) is 1.48. The summed E-state index contributed by atoms with van der Waals surface area (Å²) in [5, 5.41) is 12.5. The van der Waals surface area contributed by atoms with E-state index in [0.29, 0.717) is 11.2 Å². The predicted molar refractivity (Wildman–Crippen MR) is 42.5 cm³/mol. The lowest BCUT2D eigenvalue weighted by molar-refractivity contribution is 0.0681. The average molecular weight is 178 g/mol. The second kappa shape index (κ2) is 2.51. The first-order valence-electron chi connectivity index (χ1n) is 3.59. The molecule has 6 heteroatoms. The summed E-state index contributed by atoms with van der Waals surface area (Å²) in [6.07, 6.45) is 2.81. The van der Waals surface area contributed by atoms with Crippen molar-refractivity contribution in [1.29, 1.82) is 0 Å². The van der Waals surface area contributed by atoms with Gasteiger partial charge in [-0.3, -0.25) is 0 Å². The number of carboxylic acids is 1. The van der Waals surface area contributed by atoms with Crippen LogP contribution in [0.25, 0.3) is 5.52 Å². The van der Waals surface area contributed by atoms with Gasteiger partial charge in [0.15, 0.2) is 0 Å². The van der Waals surface area contributed by atoms with E-state index in [1.165, 1.54) is 17.0 Å². The highest BCUT2D eigenvalue weighted by atomic mass is 16.4. The monoisotopic (exact) mass is 178 g/mol. The zero-order valence-corrected chi connectivity index (χ0v) is 6.80. The highest BCUT2D eigenvalue weighted by Crippen LogP contribution is 2.08. The third kappa shape index (κ3) is 1.03. The minimum absolute atomic E-state index is 0.0881. The molecule has 0 atom stereocenters. The zero-order valence-electron chi connectivity index (χ0n) is 6.80. The summed E-state index contributed by atoms with van der Waals surface area (Å²) in [5.74, 6) is -1.18. The van der Waals surface area contributed by atoms with Crippen LogP contribution in [0.3, 0.4) is 0 Å². The van der Waals surface area contributed by atoms with Crippen molar-refractivity contribution in [2.45, 2.75) is 6.92 Å². The number of hydrogen-bond acceptors (Lipinski definition) is 4. The molecule has 0 aromatic carbocycles. The summed E-state index contributed by atoms with van der Waals surface area (Å²) >= 11 is 0. The summed E-state index contributed by atoms with van der Waals surface area (Å²) in [5.41, 5.74) is 1.22. The molecule has 13 heavy (non-hydrogen) atoms. The van der Waals surface area contributed by atoms with Crippen LogP contribution in [0.5, 0.6) is 0 Å². The fourth-order valence-electron chi connectivity index (χ4n) is 1.12. The van der Waals surface area contributed by atoms with Gasteiger partial charge in [0.2, 0.25) is 5.82 Å². The molecule has 0 aliphatic carbocycles. The number of carbonyl (C=O) groups is 1. The van der Waals surface area contributed by atoms with Gasteiger partial charge in [-0.25, -0.2) is 19.3 Å². The van der Waals surface area contributed by atoms with Crippen molar-refractivity contribution in [1.82, 2.24) is 19.6 Å². The van der Waals surface area contributed by atoms with Gasteiger partial charge in [-0.15, -0.1) is 0 Å². The van der Waals surface area contributed by atoms with Crippen LogP contribution in [0, 0.1) is 6.92 Å². The maximum Gasteiger partial charge on any atom is 0.374 e. The van der Waals surface area contributed by atoms with E-state index < -0.39 is 5.97 Å². The van der Waals surface area contributed by atoms with Crippen LogP contribution >= 0.6 is 0 Å². The van der Waals surface area contributed by atoms with Gasteiger partial charge in [-0.05, 0) is 6.92 Å². The maximum atomic E-state index is 10.7. The number of imidazole rings is 1. The van der Waals surface area contributed by atoms with E-state index in [9.17, 15) is 4.79 Å². The van der Waals surface area contributed by atoms with Crippen molar-refractivity contribution >= 4 is 11.5 Å². The number of aryl methyl sites for hydroxylation is 1. The summed E-state index contributed by atoms with van der Waals surface area (Å²) in [4.78, 5) is 18.3. The molecule has 2 rings (SSSR count). The summed E-state index contributed by atoms with van der Waals surface area (Å²) in [6, 6.07) is 0. The van der Waals surface area contributed by atoms with Crippen molar-refractivity contribution in [3.8, 4) is 0 Å². The topological polar surface area (TPSA) is 80.4 Å². The molecule has 2 aromatic rings. The van der Waals surface area contributed by atoms with Gasteiger partial charge in [0.05, 0.1) is 11.9 Å². The second-order valence-electron chi connectivity index (χ2n) is 2.53. The molecule has 0 saturated carbocycles. The first-order chi connectivity index (χ1) is 6.20. The van der Waals surface area contributed by atoms with Crippen molar-refractivity contribution in [3.05, 3.63) is 24.0 Å². The molecule has 2 heterocycles. The van der Waals surface area contributed by atoms with E-state index in [1.54, 1.807) is 6.92 Å². The Morgan fingerprint density at radius 1 is 1.62 bits per heavy atom. The maximum absolute atomic E-state index is 10.7. The van der Waals surface area contributed by atoms with E-state index in [0.717, 1.165) is 0 Å². The largest absolute Gasteiger partial charge is 0.475 e. The van der Waals surface area contributed by atoms with Crippen molar-refractivity contribution in [2.24, 2.45) is 0 Å². The molecule has 0 radical (unpaired) electrons. The molecule has 0 spiro atoms. The molecule has 1 N–H and O–H groups in total. The van der Waals surface area contributed by atoms with E-state index in [-0.39, 0.29) is 5.82 Å². The van der Waals surface area contributed by atoms with E-state index in [4.69, 9.17) is 5.11 Å². The molecule has 0 unspecified atom stereocenters.